The van der Waals surface area contributed by atoms with Gasteiger partial charge in [0.2, 0.25) is 5.82 Å². The molecule has 2 aromatic carbocycles. The molecule has 2 aliphatic heterocycles. The molecule has 2 fully saturated rings. The van der Waals surface area contributed by atoms with Crippen LogP contribution in [0.3, 0.4) is 0 Å². The van der Waals surface area contributed by atoms with Gasteiger partial charge in [-0.05, 0) is 32.9 Å². The number of esters is 1. The molecule has 178 valence electrons. The lowest BCUT2D eigenvalue weighted by Crippen LogP contribution is -2.55. The summed E-state index contributed by atoms with van der Waals surface area (Å²) in [7, 11) is 0. The number of ether oxygens (including phenoxy) is 4. The van der Waals surface area contributed by atoms with E-state index in [2.05, 4.69) is 0 Å². The molecule has 11 heteroatoms. The summed E-state index contributed by atoms with van der Waals surface area (Å²) < 4.78 is 91.6. The van der Waals surface area contributed by atoms with Crippen LogP contribution < -0.4 is 0 Å². The molecule has 0 amide bonds. The quantitative estimate of drug-likeness (QED) is 0.261. The molecule has 2 aliphatic rings. The summed E-state index contributed by atoms with van der Waals surface area (Å²) >= 11 is 1.34. The van der Waals surface area contributed by atoms with Gasteiger partial charge in [0.05, 0.1) is 6.10 Å². The third-order valence-electron chi connectivity index (χ3n) is 5.22. The lowest BCUT2D eigenvalue weighted by molar-refractivity contribution is -0.162. The number of thioether (sulfide) groups is 1. The Bertz CT molecular complexity index is 1040. The minimum Gasteiger partial charge on any atom is -0.453 e. The largest absolute Gasteiger partial charge is 0.453 e. The van der Waals surface area contributed by atoms with Crippen molar-refractivity contribution >= 4 is 17.7 Å². The fourth-order valence-electron chi connectivity index (χ4n) is 3.77. The van der Waals surface area contributed by atoms with E-state index in [9.17, 15) is 26.7 Å². The van der Waals surface area contributed by atoms with E-state index >= 15 is 0 Å². The lowest BCUT2D eigenvalue weighted by Gasteiger charge is -2.40. The van der Waals surface area contributed by atoms with E-state index in [0.717, 1.165) is 4.90 Å². The Hall–Kier alpha value is -2.21. The standard InChI is InChI=1S/C22H19F5O5S/c1-9-17(30-20(28)11-12(23)14(25)16(27)15(26)13(11)24)18-19(32-22(2,3)31-18)21(29-9)33-10-7-5-4-6-8-10/h4-9,17-19,21H,1-3H3/t9-,17-,18+,19+,21-/m0/s1. The molecule has 4 rings (SSSR count). The van der Waals surface area contributed by atoms with E-state index in [1.165, 1.54) is 11.8 Å². The maximum absolute atomic E-state index is 14.1. The summed E-state index contributed by atoms with van der Waals surface area (Å²) in [6, 6.07) is 9.27. The highest BCUT2D eigenvalue weighted by Gasteiger charge is 2.56. The highest BCUT2D eigenvalue weighted by Crippen LogP contribution is 2.43. The molecular weight excluding hydrogens is 471 g/mol. The maximum Gasteiger partial charge on any atom is 0.344 e. The van der Waals surface area contributed by atoms with Gasteiger partial charge in [-0.1, -0.05) is 30.0 Å². The number of hydrogen-bond donors (Lipinski definition) is 0. The average molecular weight is 490 g/mol. The topological polar surface area (TPSA) is 54.0 Å². The van der Waals surface area contributed by atoms with E-state index < -0.39 is 76.3 Å². The summed E-state index contributed by atoms with van der Waals surface area (Å²) in [5, 5.41) is 0. The number of rotatable bonds is 4. The van der Waals surface area contributed by atoms with Crippen molar-refractivity contribution in [2.45, 2.75) is 61.3 Å². The van der Waals surface area contributed by atoms with Gasteiger partial charge in [0.1, 0.15) is 23.2 Å². The van der Waals surface area contributed by atoms with Crippen LogP contribution in [0.2, 0.25) is 0 Å². The predicted octanol–water partition coefficient (Wildman–Crippen LogP) is 4.96. The number of fused-ring (bicyclic) bond motifs is 1. The highest BCUT2D eigenvalue weighted by molar-refractivity contribution is 7.99. The van der Waals surface area contributed by atoms with Crippen molar-refractivity contribution in [1.82, 2.24) is 0 Å². The molecule has 0 bridgehead atoms. The van der Waals surface area contributed by atoms with Crippen LogP contribution in [0.15, 0.2) is 35.2 Å². The molecule has 33 heavy (non-hydrogen) atoms. The smallest absolute Gasteiger partial charge is 0.344 e. The number of benzene rings is 2. The molecule has 2 aromatic rings. The van der Waals surface area contributed by atoms with E-state index in [-0.39, 0.29) is 0 Å². The van der Waals surface area contributed by atoms with Gasteiger partial charge in [0, 0.05) is 4.90 Å². The zero-order valence-corrected chi connectivity index (χ0v) is 18.4. The van der Waals surface area contributed by atoms with Gasteiger partial charge in [0.25, 0.3) is 0 Å². The number of halogens is 5. The summed E-state index contributed by atoms with van der Waals surface area (Å²) in [6.07, 6.45) is -3.77. The Morgan fingerprint density at radius 1 is 0.909 bits per heavy atom. The Labute approximate surface area is 190 Å². The van der Waals surface area contributed by atoms with Crippen molar-refractivity contribution in [1.29, 1.82) is 0 Å². The maximum atomic E-state index is 14.1. The zero-order chi connectivity index (χ0) is 24.1. The number of carbonyl (C=O) groups is 1. The Kier molecular flexibility index (Phi) is 6.43. The van der Waals surface area contributed by atoms with Crippen molar-refractivity contribution in [2.24, 2.45) is 0 Å². The van der Waals surface area contributed by atoms with Gasteiger partial charge in [0.15, 0.2) is 35.2 Å². The Morgan fingerprint density at radius 3 is 2.06 bits per heavy atom. The van der Waals surface area contributed by atoms with Crippen molar-refractivity contribution in [2.75, 3.05) is 0 Å². The molecule has 0 aliphatic carbocycles. The summed E-state index contributed by atoms with van der Waals surface area (Å²) in [4.78, 5) is 13.4. The highest BCUT2D eigenvalue weighted by atomic mass is 32.2. The second-order valence-electron chi connectivity index (χ2n) is 8.02. The molecule has 0 N–H and O–H groups in total. The molecule has 0 unspecified atom stereocenters. The molecule has 0 radical (unpaired) electrons. The van der Waals surface area contributed by atoms with Gasteiger partial charge >= 0.3 is 5.97 Å². The van der Waals surface area contributed by atoms with Gasteiger partial charge in [-0.25, -0.2) is 26.7 Å². The number of carbonyl (C=O) groups excluding carboxylic acids is 1. The summed E-state index contributed by atoms with van der Waals surface area (Å²) in [5.41, 5.74) is -2.27. The fourth-order valence-corrected chi connectivity index (χ4v) is 4.93. The first-order valence-corrected chi connectivity index (χ1v) is 10.8. The predicted molar refractivity (Wildman–Crippen MR) is 106 cm³/mol. The first-order valence-electron chi connectivity index (χ1n) is 9.95. The van der Waals surface area contributed by atoms with E-state index in [1.807, 2.05) is 30.3 Å². The molecule has 0 saturated carbocycles. The van der Waals surface area contributed by atoms with Gasteiger partial charge in [-0.2, -0.15) is 0 Å². The van der Waals surface area contributed by atoms with Crippen LogP contribution in [0.4, 0.5) is 22.0 Å². The van der Waals surface area contributed by atoms with Gasteiger partial charge < -0.3 is 18.9 Å². The third-order valence-corrected chi connectivity index (χ3v) is 6.38. The second kappa shape index (κ2) is 8.86. The molecule has 2 heterocycles. The monoisotopic (exact) mass is 490 g/mol. The molecular formula is C22H19F5O5S. The Morgan fingerprint density at radius 2 is 1.45 bits per heavy atom. The van der Waals surface area contributed by atoms with E-state index in [0.29, 0.717) is 0 Å². The zero-order valence-electron chi connectivity index (χ0n) is 17.6. The van der Waals surface area contributed by atoms with Gasteiger partial charge in [-0.15, -0.1) is 0 Å². The first-order chi connectivity index (χ1) is 15.5. The van der Waals surface area contributed by atoms with Crippen LogP contribution in [0, 0.1) is 29.1 Å². The molecule has 5 nitrogen and oxygen atoms in total. The summed E-state index contributed by atoms with van der Waals surface area (Å²) in [6.45, 7) is 4.80. The number of hydrogen-bond acceptors (Lipinski definition) is 6. The SMILES string of the molecule is C[C@@H]1O[C@@H](Sc2ccccc2)[C@@H]2OC(C)(C)O[C@@H]2[C@H]1OC(=O)c1c(F)c(F)c(F)c(F)c1F. The van der Waals surface area contributed by atoms with Crippen LogP contribution in [0.25, 0.3) is 0 Å². The minimum atomic E-state index is -2.37. The molecule has 0 spiro atoms. The van der Waals surface area contributed by atoms with E-state index in [4.69, 9.17) is 18.9 Å². The van der Waals surface area contributed by atoms with Crippen molar-refractivity contribution < 1.29 is 45.7 Å². The third kappa shape index (κ3) is 4.46. The summed E-state index contributed by atoms with van der Waals surface area (Å²) in [5.74, 6) is -14.2. The van der Waals surface area contributed by atoms with Crippen molar-refractivity contribution in [3.05, 3.63) is 65.0 Å². The second-order valence-corrected chi connectivity index (χ2v) is 9.19. The van der Waals surface area contributed by atoms with Crippen LogP contribution in [-0.4, -0.2) is 41.6 Å². The minimum absolute atomic E-state index is 0.585. The van der Waals surface area contributed by atoms with Crippen molar-refractivity contribution in [3.63, 3.8) is 0 Å². The molecule has 2 saturated heterocycles. The van der Waals surface area contributed by atoms with E-state index in [1.54, 1.807) is 20.8 Å². The lowest BCUT2D eigenvalue weighted by atomic mass is 10.0. The van der Waals surface area contributed by atoms with Gasteiger partial charge in [-0.3, -0.25) is 0 Å². The average Bonchev–Trinajstić information content (AvgIpc) is 3.10. The molecule has 5 atom stereocenters. The Balaban J connectivity index is 1.61. The van der Waals surface area contributed by atoms with Crippen LogP contribution in [0.1, 0.15) is 31.1 Å². The van der Waals surface area contributed by atoms with Crippen LogP contribution in [0.5, 0.6) is 0 Å². The van der Waals surface area contributed by atoms with Crippen LogP contribution in [-0.2, 0) is 18.9 Å². The normalized spacial score (nSPS) is 28.4. The van der Waals surface area contributed by atoms with Crippen molar-refractivity contribution in [3.8, 4) is 0 Å². The molecule has 0 aromatic heterocycles. The van der Waals surface area contributed by atoms with Crippen LogP contribution >= 0.6 is 11.8 Å². The fraction of sp³-hybridized carbons (Fsp3) is 0.409. The first kappa shape index (κ1) is 23.9.